The molecule has 0 saturated carbocycles. The van der Waals surface area contributed by atoms with Gasteiger partial charge in [-0.05, 0) is 5.56 Å². The van der Waals surface area contributed by atoms with Crippen molar-refractivity contribution in [3.8, 4) is 0 Å². The number of rotatable bonds is 6. The van der Waals surface area contributed by atoms with Gasteiger partial charge in [-0.15, -0.1) is 0 Å². The van der Waals surface area contributed by atoms with Gasteiger partial charge in [0.2, 0.25) is 0 Å². The molecule has 0 unspecified atom stereocenters. The number of hydrogen-bond acceptors (Lipinski definition) is 6. The first kappa shape index (κ1) is 15.1. The summed E-state index contributed by atoms with van der Waals surface area (Å²) in [5.74, 6) is 1.00. The molecular formula is C13H13ClN4O3. The van der Waals surface area contributed by atoms with Crippen molar-refractivity contribution in [3.05, 3.63) is 57.0 Å². The van der Waals surface area contributed by atoms with E-state index in [-0.39, 0.29) is 12.3 Å². The predicted octanol–water partition coefficient (Wildman–Crippen LogP) is 2.80. The van der Waals surface area contributed by atoms with Gasteiger partial charge < -0.3 is 10.1 Å². The predicted molar refractivity (Wildman–Crippen MR) is 78.2 cm³/mol. The highest BCUT2D eigenvalue weighted by molar-refractivity contribution is 6.29. The minimum atomic E-state index is -0.429. The average molecular weight is 309 g/mol. The van der Waals surface area contributed by atoms with Crippen LogP contribution in [0.2, 0.25) is 5.15 Å². The molecule has 0 atom stereocenters. The Labute approximate surface area is 126 Å². The largest absolute Gasteiger partial charge is 0.377 e. The fourth-order valence-electron chi connectivity index (χ4n) is 1.72. The third-order valence-corrected chi connectivity index (χ3v) is 2.80. The van der Waals surface area contributed by atoms with Crippen LogP contribution in [0, 0.1) is 10.1 Å². The van der Waals surface area contributed by atoms with Crippen molar-refractivity contribution in [2.24, 2.45) is 0 Å². The molecule has 0 amide bonds. The fourth-order valence-corrected chi connectivity index (χ4v) is 1.92. The van der Waals surface area contributed by atoms with Gasteiger partial charge in [0.05, 0.1) is 4.92 Å². The Morgan fingerprint density at radius 2 is 2.19 bits per heavy atom. The number of anilines is 1. The van der Waals surface area contributed by atoms with Crippen molar-refractivity contribution in [1.82, 2.24) is 9.97 Å². The number of nitrogens with one attached hydrogen (secondary N) is 1. The number of aromatic nitrogens is 2. The molecule has 0 fully saturated rings. The summed E-state index contributed by atoms with van der Waals surface area (Å²) in [4.78, 5) is 18.5. The summed E-state index contributed by atoms with van der Waals surface area (Å²) < 4.78 is 4.96. The Bertz CT molecular complexity index is 651. The minimum Gasteiger partial charge on any atom is -0.377 e. The SMILES string of the molecule is COCc1nc(Cl)cc(NCc2cccc([N+](=O)[O-])c2)n1. The van der Waals surface area contributed by atoms with E-state index in [1.165, 1.54) is 12.1 Å². The number of nitrogens with zero attached hydrogens (tertiary/aromatic N) is 3. The zero-order valence-corrected chi connectivity index (χ0v) is 12.0. The van der Waals surface area contributed by atoms with Gasteiger partial charge in [-0.1, -0.05) is 23.7 Å². The maximum atomic E-state index is 10.7. The summed E-state index contributed by atoms with van der Waals surface area (Å²) in [7, 11) is 1.54. The topological polar surface area (TPSA) is 90.2 Å². The molecule has 0 radical (unpaired) electrons. The van der Waals surface area contributed by atoms with Crippen LogP contribution in [0.25, 0.3) is 0 Å². The van der Waals surface area contributed by atoms with Gasteiger partial charge in [0.25, 0.3) is 5.69 Å². The highest BCUT2D eigenvalue weighted by Crippen LogP contribution is 2.16. The van der Waals surface area contributed by atoms with Crippen LogP contribution < -0.4 is 5.32 Å². The molecule has 8 heteroatoms. The molecule has 21 heavy (non-hydrogen) atoms. The Hall–Kier alpha value is -2.25. The molecule has 1 N–H and O–H groups in total. The van der Waals surface area contributed by atoms with Crippen LogP contribution in [-0.4, -0.2) is 22.0 Å². The number of non-ortho nitro benzene ring substituents is 1. The van der Waals surface area contributed by atoms with Crippen molar-refractivity contribution in [2.45, 2.75) is 13.2 Å². The molecule has 0 aliphatic rings. The van der Waals surface area contributed by atoms with E-state index < -0.39 is 4.92 Å². The second-order valence-electron chi connectivity index (χ2n) is 4.21. The number of methoxy groups -OCH3 is 1. The fraction of sp³-hybridized carbons (Fsp3) is 0.231. The summed E-state index contributed by atoms with van der Waals surface area (Å²) in [5.41, 5.74) is 0.822. The van der Waals surface area contributed by atoms with Crippen molar-refractivity contribution >= 4 is 23.1 Å². The van der Waals surface area contributed by atoms with Crippen LogP contribution >= 0.6 is 11.6 Å². The molecular weight excluding hydrogens is 296 g/mol. The number of ether oxygens (including phenoxy) is 1. The summed E-state index contributed by atoms with van der Waals surface area (Å²) in [6, 6.07) is 7.96. The van der Waals surface area contributed by atoms with Crippen molar-refractivity contribution in [2.75, 3.05) is 12.4 Å². The maximum absolute atomic E-state index is 10.7. The third kappa shape index (κ3) is 4.37. The van der Waals surface area contributed by atoms with Gasteiger partial charge in [-0.3, -0.25) is 10.1 Å². The Morgan fingerprint density at radius 1 is 1.38 bits per heavy atom. The van der Waals surface area contributed by atoms with E-state index in [9.17, 15) is 10.1 Å². The molecule has 110 valence electrons. The highest BCUT2D eigenvalue weighted by atomic mass is 35.5. The molecule has 0 aliphatic heterocycles. The number of hydrogen-bond donors (Lipinski definition) is 1. The Morgan fingerprint density at radius 3 is 2.90 bits per heavy atom. The Balaban J connectivity index is 2.09. The lowest BCUT2D eigenvalue weighted by atomic mass is 10.2. The maximum Gasteiger partial charge on any atom is 0.269 e. The zero-order valence-electron chi connectivity index (χ0n) is 11.2. The van der Waals surface area contributed by atoms with Crippen molar-refractivity contribution in [1.29, 1.82) is 0 Å². The van der Waals surface area contributed by atoms with Gasteiger partial charge in [0.15, 0.2) is 5.82 Å². The van der Waals surface area contributed by atoms with Crippen LogP contribution in [-0.2, 0) is 17.9 Å². The molecule has 2 aromatic rings. The molecule has 0 bridgehead atoms. The first-order valence-corrected chi connectivity index (χ1v) is 6.46. The van der Waals surface area contributed by atoms with E-state index in [4.69, 9.17) is 16.3 Å². The minimum absolute atomic E-state index is 0.0510. The van der Waals surface area contributed by atoms with Crippen LogP contribution in [0.1, 0.15) is 11.4 Å². The molecule has 0 saturated heterocycles. The zero-order chi connectivity index (χ0) is 15.2. The number of benzene rings is 1. The van der Waals surface area contributed by atoms with Crippen LogP contribution in [0.4, 0.5) is 11.5 Å². The van der Waals surface area contributed by atoms with E-state index in [0.29, 0.717) is 23.3 Å². The summed E-state index contributed by atoms with van der Waals surface area (Å²) in [6.45, 7) is 0.646. The monoisotopic (exact) mass is 308 g/mol. The molecule has 0 spiro atoms. The number of nitro groups is 1. The van der Waals surface area contributed by atoms with Gasteiger partial charge >= 0.3 is 0 Å². The van der Waals surface area contributed by atoms with Crippen molar-refractivity contribution in [3.63, 3.8) is 0 Å². The summed E-state index contributed by atoms with van der Waals surface area (Å²) in [5, 5.41) is 14.1. The van der Waals surface area contributed by atoms with E-state index in [2.05, 4.69) is 15.3 Å². The quantitative estimate of drug-likeness (QED) is 0.501. The molecule has 1 heterocycles. The highest BCUT2D eigenvalue weighted by Gasteiger charge is 2.07. The number of halogens is 1. The average Bonchev–Trinajstić information content (AvgIpc) is 2.45. The molecule has 7 nitrogen and oxygen atoms in total. The van der Waals surface area contributed by atoms with Crippen LogP contribution in [0.3, 0.4) is 0 Å². The van der Waals surface area contributed by atoms with E-state index in [1.54, 1.807) is 25.3 Å². The molecule has 2 rings (SSSR count). The lowest BCUT2D eigenvalue weighted by Gasteiger charge is -2.07. The lowest BCUT2D eigenvalue weighted by Crippen LogP contribution is -2.05. The smallest absolute Gasteiger partial charge is 0.269 e. The molecule has 0 aliphatic carbocycles. The van der Waals surface area contributed by atoms with Crippen LogP contribution in [0.5, 0.6) is 0 Å². The second kappa shape index (κ2) is 6.96. The van der Waals surface area contributed by atoms with E-state index in [1.807, 2.05) is 0 Å². The normalized spacial score (nSPS) is 10.4. The van der Waals surface area contributed by atoms with Gasteiger partial charge in [0.1, 0.15) is 17.6 Å². The summed E-state index contributed by atoms with van der Waals surface area (Å²) >= 11 is 5.90. The lowest BCUT2D eigenvalue weighted by molar-refractivity contribution is -0.384. The van der Waals surface area contributed by atoms with E-state index in [0.717, 1.165) is 5.56 Å². The van der Waals surface area contributed by atoms with Gasteiger partial charge in [0, 0.05) is 31.9 Å². The van der Waals surface area contributed by atoms with Crippen LogP contribution in [0.15, 0.2) is 30.3 Å². The molecule has 1 aromatic carbocycles. The standard InChI is InChI=1S/C13H13ClN4O3/c1-21-8-13-16-11(14)6-12(17-13)15-7-9-3-2-4-10(5-9)18(19)20/h2-6H,7-8H2,1H3,(H,15,16,17). The summed E-state index contributed by atoms with van der Waals surface area (Å²) in [6.07, 6.45) is 0. The Kier molecular flexibility index (Phi) is 5.02. The third-order valence-electron chi connectivity index (χ3n) is 2.61. The van der Waals surface area contributed by atoms with Gasteiger partial charge in [-0.2, -0.15) is 0 Å². The number of nitro benzene ring substituents is 1. The second-order valence-corrected chi connectivity index (χ2v) is 4.59. The van der Waals surface area contributed by atoms with Gasteiger partial charge in [-0.25, -0.2) is 9.97 Å². The first-order valence-electron chi connectivity index (χ1n) is 6.08. The van der Waals surface area contributed by atoms with Crippen molar-refractivity contribution < 1.29 is 9.66 Å². The molecule has 1 aromatic heterocycles. The van der Waals surface area contributed by atoms with E-state index >= 15 is 0 Å². The first-order chi connectivity index (χ1) is 10.1.